The van der Waals surface area contributed by atoms with Crippen molar-refractivity contribution < 1.29 is 14.6 Å². The van der Waals surface area contributed by atoms with Crippen LogP contribution in [0.5, 0.6) is 0 Å². The molecule has 1 aromatic carbocycles. The first-order valence-corrected chi connectivity index (χ1v) is 7.89. The number of aryl methyl sites for hydroxylation is 1. The maximum Gasteiger partial charge on any atom is 0.160 e. The van der Waals surface area contributed by atoms with Crippen molar-refractivity contribution in [2.45, 2.75) is 32.1 Å². The third kappa shape index (κ3) is 2.26. The van der Waals surface area contributed by atoms with Crippen molar-refractivity contribution in [1.82, 2.24) is 9.38 Å². The van der Waals surface area contributed by atoms with Gasteiger partial charge in [-0.2, -0.15) is 0 Å². The molecule has 1 aliphatic carbocycles. The van der Waals surface area contributed by atoms with E-state index in [1.807, 2.05) is 29.7 Å². The number of imidazole rings is 1. The second kappa shape index (κ2) is 5.58. The lowest BCUT2D eigenvalue weighted by Crippen LogP contribution is -2.21. The number of halogens is 1. The minimum absolute atomic E-state index is 0.124. The van der Waals surface area contributed by atoms with E-state index in [4.69, 9.17) is 0 Å². The van der Waals surface area contributed by atoms with Gasteiger partial charge in [0.25, 0.3) is 0 Å². The van der Waals surface area contributed by atoms with E-state index in [1.165, 1.54) is 12.1 Å². The average Bonchev–Trinajstić information content (AvgIpc) is 3.05. The molecule has 0 aliphatic heterocycles. The van der Waals surface area contributed by atoms with Crippen molar-refractivity contribution in [1.29, 1.82) is 0 Å². The lowest BCUT2D eigenvalue weighted by Gasteiger charge is -2.19. The highest BCUT2D eigenvalue weighted by molar-refractivity contribution is 5.69. The molecule has 0 saturated carbocycles. The van der Waals surface area contributed by atoms with Gasteiger partial charge in [0, 0.05) is 18.3 Å². The first-order valence-electron chi connectivity index (χ1n) is 7.89. The number of rotatable bonds is 3. The molecule has 0 amide bonds. The number of aromatic nitrogens is 2. The quantitative estimate of drug-likeness (QED) is 0.691. The fraction of sp³-hybridized carbons (Fsp3) is 0.278. The molecule has 0 spiro atoms. The van der Waals surface area contributed by atoms with Crippen LogP contribution in [-0.2, 0) is 13.0 Å². The SMILES string of the molecule is Cc1c(CO)nc2c(NC3c4ccc(F)cc4CC3O)cccn12. The number of aliphatic hydroxyl groups excluding tert-OH is 2. The Bertz CT molecular complexity index is 922. The van der Waals surface area contributed by atoms with Gasteiger partial charge in [-0.15, -0.1) is 0 Å². The van der Waals surface area contributed by atoms with Crippen molar-refractivity contribution in [2.75, 3.05) is 5.32 Å². The van der Waals surface area contributed by atoms with Gasteiger partial charge in [0.2, 0.25) is 0 Å². The first kappa shape index (κ1) is 15.1. The van der Waals surface area contributed by atoms with Crippen molar-refractivity contribution in [2.24, 2.45) is 0 Å². The van der Waals surface area contributed by atoms with Crippen LogP contribution in [0.15, 0.2) is 36.5 Å². The highest BCUT2D eigenvalue weighted by Gasteiger charge is 2.31. The van der Waals surface area contributed by atoms with E-state index in [-0.39, 0.29) is 18.5 Å². The smallest absolute Gasteiger partial charge is 0.160 e. The summed E-state index contributed by atoms with van der Waals surface area (Å²) < 4.78 is 15.3. The number of nitrogens with one attached hydrogen (secondary N) is 1. The van der Waals surface area contributed by atoms with Gasteiger partial charge in [-0.1, -0.05) is 6.07 Å². The fourth-order valence-electron chi connectivity index (χ4n) is 3.44. The number of fused-ring (bicyclic) bond motifs is 2. The van der Waals surface area contributed by atoms with Gasteiger partial charge in [-0.25, -0.2) is 9.37 Å². The molecule has 6 heteroatoms. The van der Waals surface area contributed by atoms with E-state index in [9.17, 15) is 14.6 Å². The summed E-state index contributed by atoms with van der Waals surface area (Å²) in [6.45, 7) is 1.78. The highest BCUT2D eigenvalue weighted by atomic mass is 19.1. The molecular weight excluding hydrogens is 309 g/mol. The Morgan fingerprint density at radius 2 is 2.21 bits per heavy atom. The molecule has 0 fully saturated rings. The number of nitrogens with zero attached hydrogens (tertiary/aromatic N) is 2. The number of pyridine rings is 1. The maximum absolute atomic E-state index is 13.4. The molecule has 0 radical (unpaired) electrons. The summed E-state index contributed by atoms with van der Waals surface area (Å²) >= 11 is 0. The Labute approximate surface area is 138 Å². The minimum atomic E-state index is -0.629. The monoisotopic (exact) mass is 327 g/mol. The molecule has 3 aromatic rings. The van der Waals surface area contributed by atoms with E-state index in [0.29, 0.717) is 17.8 Å². The molecule has 124 valence electrons. The summed E-state index contributed by atoms with van der Waals surface area (Å²) in [4.78, 5) is 4.48. The van der Waals surface area contributed by atoms with Crippen LogP contribution in [0.2, 0.25) is 0 Å². The number of aliphatic hydroxyl groups is 2. The van der Waals surface area contributed by atoms with Crippen LogP contribution in [0.4, 0.5) is 10.1 Å². The van der Waals surface area contributed by atoms with E-state index >= 15 is 0 Å². The number of anilines is 1. The van der Waals surface area contributed by atoms with Crippen LogP contribution in [0.25, 0.3) is 5.65 Å². The van der Waals surface area contributed by atoms with Gasteiger partial charge in [0.1, 0.15) is 5.82 Å². The Hall–Kier alpha value is -2.44. The zero-order chi connectivity index (χ0) is 16.8. The minimum Gasteiger partial charge on any atom is -0.390 e. The Morgan fingerprint density at radius 3 is 3.00 bits per heavy atom. The lowest BCUT2D eigenvalue weighted by molar-refractivity contribution is 0.166. The molecule has 1 aliphatic rings. The summed E-state index contributed by atoms with van der Waals surface area (Å²) in [7, 11) is 0. The molecule has 4 rings (SSSR count). The predicted octanol–water partition coefficient (Wildman–Crippen LogP) is 2.34. The second-order valence-corrected chi connectivity index (χ2v) is 6.15. The van der Waals surface area contributed by atoms with Crippen molar-refractivity contribution in [3.63, 3.8) is 0 Å². The molecule has 3 N–H and O–H groups in total. The van der Waals surface area contributed by atoms with Gasteiger partial charge in [-0.3, -0.25) is 0 Å². The third-order valence-corrected chi connectivity index (χ3v) is 4.70. The van der Waals surface area contributed by atoms with Crippen molar-refractivity contribution >= 4 is 11.3 Å². The summed E-state index contributed by atoms with van der Waals surface area (Å²) in [6, 6.07) is 8.06. The molecule has 2 atom stereocenters. The van der Waals surface area contributed by atoms with Gasteiger partial charge in [0.15, 0.2) is 5.65 Å². The molecule has 0 saturated heterocycles. The molecule has 2 unspecified atom stereocenters. The van der Waals surface area contributed by atoms with Gasteiger partial charge in [0.05, 0.1) is 30.1 Å². The maximum atomic E-state index is 13.4. The van der Waals surface area contributed by atoms with Crippen molar-refractivity contribution in [3.05, 3.63) is 64.9 Å². The van der Waals surface area contributed by atoms with E-state index in [2.05, 4.69) is 10.3 Å². The lowest BCUT2D eigenvalue weighted by atomic mass is 10.1. The first-order chi connectivity index (χ1) is 11.6. The van der Waals surface area contributed by atoms with E-state index in [0.717, 1.165) is 22.5 Å². The molecule has 2 aromatic heterocycles. The fourth-order valence-corrected chi connectivity index (χ4v) is 3.44. The summed E-state index contributed by atoms with van der Waals surface area (Å²) in [5.74, 6) is -0.292. The zero-order valence-electron chi connectivity index (χ0n) is 13.2. The summed E-state index contributed by atoms with van der Waals surface area (Å²) in [5.41, 5.74) is 4.69. The van der Waals surface area contributed by atoms with E-state index < -0.39 is 6.10 Å². The average molecular weight is 327 g/mol. The summed E-state index contributed by atoms with van der Waals surface area (Å²) in [5, 5.41) is 23.1. The van der Waals surface area contributed by atoms with Gasteiger partial charge >= 0.3 is 0 Å². The zero-order valence-corrected chi connectivity index (χ0v) is 13.2. The Balaban J connectivity index is 1.75. The summed E-state index contributed by atoms with van der Waals surface area (Å²) in [6.07, 6.45) is 1.68. The molecule has 5 nitrogen and oxygen atoms in total. The molecule has 0 bridgehead atoms. The Kier molecular flexibility index (Phi) is 3.51. The number of hydrogen-bond acceptors (Lipinski definition) is 4. The van der Waals surface area contributed by atoms with Crippen LogP contribution >= 0.6 is 0 Å². The topological polar surface area (TPSA) is 69.8 Å². The molecule has 24 heavy (non-hydrogen) atoms. The van der Waals surface area contributed by atoms with E-state index in [1.54, 1.807) is 6.07 Å². The third-order valence-electron chi connectivity index (χ3n) is 4.70. The van der Waals surface area contributed by atoms with Crippen LogP contribution in [0, 0.1) is 12.7 Å². The number of hydrogen-bond donors (Lipinski definition) is 3. The normalized spacial score (nSPS) is 19.7. The molecule has 2 heterocycles. The van der Waals surface area contributed by atoms with Gasteiger partial charge in [-0.05, 0) is 42.3 Å². The second-order valence-electron chi connectivity index (χ2n) is 6.15. The number of benzene rings is 1. The predicted molar refractivity (Wildman–Crippen MR) is 88.3 cm³/mol. The van der Waals surface area contributed by atoms with Crippen LogP contribution in [0.1, 0.15) is 28.6 Å². The van der Waals surface area contributed by atoms with Crippen LogP contribution < -0.4 is 5.32 Å². The highest BCUT2D eigenvalue weighted by Crippen LogP contribution is 2.35. The van der Waals surface area contributed by atoms with Crippen LogP contribution in [-0.4, -0.2) is 25.7 Å². The molecular formula is C18H18FN3O2. The van der Waals surface area contributed by atoms with Crippen molar-refractivity contribution in [3.8, 4) is 0 Å². The standard InChI is InChI=1S/C18H18FN3O2/c1-10-15(9-23)21-18-14(3-2-6-22(10)18)20-17-13-5-4-12(19)7-11(13)8-16(17)24/h2-7,16-17,20,23-24H,8-9H2,1H3. The largest absolute Gasteiger partial charge is 0.390 e. The van der Waals surface area contributed by atoms with Crippen LogP contribution in [0.3, 0.4) is 0 Å². The Morgan fingerprint density at radius 1 is 1.38 bits per heavy atom. The van der Waals surface area contributed by atoms with Gasteiger partial charge < -0.3 is 19.9 Å².